The normalized spacial score (nSPS) is 18.2. The minimum absolute atomic E-state index is 0.0951. The van der Waals surface area contributed by atoms with Crippen molar-refractivity contribution in [3.8, 4) is 6.07 Å². The molecule has 0 bridgehead atoms. The summed E-state index contributed by atoms with van der Waals surface area (Å²) in [7, 11) is 2.12. The molecule has 0 spiro atoms. The summed E-state index contributed by atoms with van der Waals surface area (Å²) in [4.78, 5) is 14.8. The number of amides is 1. The Bertz CT molecular complexity index is 964. The van der Waals surface area contributed by atoms with Gasteiger partial charge in [-0.3, -0.25) is 4.79 Å². The monoisotopic (exact) mass is 373 g/mol. The number of aryl methyl sites for hydroxylation is 1. The van der Waals surface area contributed by atoms with Crippen molar-refractivity contribution < 1.29 is 4.79 Å². The van der Waals surface area contributed by atoms with Crippen LogP contribution in [0.4, 0.5) is 11.4 Å². The lowest BCUT2D eigenvalue weighted by molar-refractivity contribution is -0.112. The fourth-order valence-corrected chi connectivity index (χ4v) is 3.84. The number of carbonyl (C=O) groups excluding carboxylic acids is 1. The standard InChI is InChI=1S/C24H27N3O/c1-16-6-9-20(10-7-16)26-23(28)19(15-25)12-18-8-11-22-21(13-18)17(2)14-24(3,4)27(22)5/h6-13,17H,14H2,1-5H3,(H,26,28)/b19-12-/t17-/m0/s1. The molecule has 2 aromatic carbocycles. The van der Waals surface area contributed by atoms with Crippen LogP contribution in [-0.4, -0.2) is 18.5 Å². The maximum atomic E-state index is 12.5. The Labute approximate surface area is 167 Å². The van der Waals surface area contributed by atoms with Gasteiger partial charge in [0.1, 0.15) is 11.6 Å². The highest BCUT2D eigenvalue weighted by atomic mass is 16.1. The van der Waals surface area contributed by atoms with Crippen LogP contribution in [0.1, 0.15) is 49.8 Å². The largest absolute Gasteiger partial charge is 0.369 e. The molecule has 144 valence electrons. The van der Waals surface area contributed by atoms with E-state index in [9.17, 15) is 10.1 Å². The third kappa shape index (κ3) is 3.94. The van der Waals surface area contributed by atoms with E-state index in [-0.39, 0.29) is 11.1 Å². The van der Waals surface area contributed by atoms with Crippen LogP contribution in [0.2, 0.25) is 0 Å². The van der Waals surface area contributed by atoms with Crippen molar-refractivity contribution in [2.75, 3.05) is 17.3 Å². The van der Waals surface area contributed by atoms with Crippen molar-refractivity contribution in [3.05, 3.63) is 64.7 Å². The van der Waals surface area contributed by atoms with Gasteiger partial charge >= 0.3 is 0 Å². The van der Waals surface area contributed by atoms with Gasteiger partial charge in [-0.25, -0.2) is 0 Å². The fraction of sp³-hybridized carbons (Fsp3) is 0.333. The molecule has 0 unspecified atom stereocenters. The number of hydrogen-bond acceptors (Lipinski definition) is 3. The third-order valence-electron chi connectivity index (χ3n) is 5.64. The Morgan fingerprint density at radius 2 is 1.93 bits per heavy atom. The molecule has 4 heteroatoms. The zero-order chi connectivity index (χ0) is 20.5. The summed E-state index contributed by atoms with van der Waals surface area (Å²) >= 11 is 0. The summed E-state index contributed by atoms with van der Waals surface area (Å²) in [5.74, 6) is 0.0249. The Balaban J connectivity index is 1.87. The van der Waals surface area contributed by atoms with Crippen molar-refractivity contribution in [2.45, 2.75) is 45.6 Å². The number of nitrogens with one attached hydrogen (secondary N) is 1. The highest BCUT2D eigenvalue weighted by Crippen LogP contribution is 2.42. The van der Waals surface area contributed by atoms with E-state index in [2.05, 4.69) is 50.2 Å². The number of carbonyl (C=O) groups is 1. The van der Waals surface area contributed by atoms with E-state index in [0.717, 1.165) is 17.5 Å². The summed E-state index contributed by atoms with van der Waals surface area (Å²) in [6, 6.07) is 15.7. The van der Waals surface area contributed by atoms with E-state index in [0.29, 0.717) is 11.6 Å². The topological polar surface area (TPSA) is 56.1 Å². The molecule has 1 N–H and O–H groups in total. The summed E-state index contributed by atoms with van der Waals surface area (Å²) < 4.78 is 0. The average Bonchev–Trinajstić information content (AvgIpc) is 2.65. The van der Waals surface area contributed by atoms with Gasteiger partial charge in [0.25, 0.3) is 5.91 Å². The van der Waals surface area contributed by atoms with Gasteiger partial charge in [0, 0.05) is 24.0 Å². The molecular weight excluding hydrogens is 346 g/mol. The lowest BCUT2D eigenvalue weighted by Gasteiger charge is -2.45. The lowest BCUT2D eigenvalue weighted by Crippen LogP contribution is -2.45. The first-order chi connectivity index (χ1) is 13.2. The molecule has 0 radical (unpaired) electrons. The van der Waals surface area contributed by atoms with Gasteiger partial charge in [-0.15, -0.1) is 0 Å². The minimum Gasteiger partial charge on any atom is -0.369 e. The number of benzene rings is 2. The Morgan fingerprint density at radius 3 is 2.57 bits per heavy atom. The summed E-state index contributed by atoms with van der Waals surface area (Å²) in [6.07, 6.45) is 2.72. The Morgan fingerprint density at radius 1 is 1.25 bits per heavy atom. The van der Waals surface area contributed by atoms with E-state index >= 15 is 0 Å². The number of nitrogens with zero attached hydrogens (tertiary/aromatic N) is 2. The second kappa shape index (κ2) is 7.52. The van der Waals surface area contributed by atoms with Crippen LogP contribution in [0.15, 0.2) is 48.0 Å². The molecule has 1 atom stereocenters. The first-order valence-corrected chi connectivity index (χ1v) is 9.59. The minimum atomic E-state index is -0.393. The predicted molar refractivity (Wildman–Crippen MR) is 115 cm³/mol. The first kappa shape index (κ1) is 19.7. The molecule has 0 saturated carbocycles. The van der Waals surface area contributed by atoms with Gasteiger partial charge in [-0.1, -0.05) is 30.7 Å². The molecule has 0 aromatic heterocycles. The summed E-state index contributed by atoms with van der Waals surface area (Å²) in [5, 5.41) is 12.3. The van der Waals surface area contributed by atoms with E-state index in [1.54, 1.807) is 6.08 Å². The van der Waals surface area contributed by atoms with Gasteiger partial charge in [0.2, 0.25) is 0 Å². The van der Waals surface area contributed by atoms with Crippen molar-refractivity contribution in [1.82, 2.24) is 0 Å². The van der Waals surface area contributed by atoms with Crippen LogP contribution in [0.25, 0.3) is 6.08 Å². The summed E-state index contributed by atoms with van der Waals surface area (Å²) in [5.41, 5.74) is 5.34. The fourth-order valence-electron chi connectivity index (χ4n) is 3.84. The zero-order valence-electron chi connectivity index (χ0n) is 17.2. The highest BCUT2D eigenvalue weighted by molar-refractivity contribution is 6.09. The molecule has 4 nitrogen and oxygen atoms in total. The van der Waals surface area contributed by atoms with E-state index < -0.39 is 5.91 Å². The van der Waals surface area contributed by atoms with Gasteiger partial charge in [0.15, 0.2) is 0 Å². The van der Waals surface area contributed by atoms with Gasteiger partial charge in [-0.05, 0) is 74.6 Å². The molecule has 0 fully saturated rings. The number of rotatable bonds is 3. The molecule has 2 aromatic rings. The number of fused-ring (bicyclic) bond motifs is 1. The summed E-state index contributed by atoms with van der Waals surface area (Å²) in [6.45, 7) is 8.73. The predicted octanol–water partition coefficient (Wildman–Crippen LogP) is 5.26. The van der Waals surface area contributed by atoms with Crippen molar-refractivity contribution >= 4 is 23.4 Å². The van der Waals surface area contributed by atoms with E-state index in [1.165, 1.54) is 11.3 Å². The van der Waals surface area contributed by atoms with Crippen LogP contribution >= 0.6 is 0 Å². The van der Waals surface area contributed by atoms with Crippen molar-refractivity contribution in [3.63, 3.8) is 0 Å². The smallest absolute Gasteiger partial charge is 0.266 e. The maximum Gasteiger partial charge on any atom is 0.266 e. The SMILES string of the molecule is Cc1ccc(NC(=O)/C(C#N)=C\c2ccc3c(c2)[C@@H](C)CC(C)(C)N3C)cc1. The van der Waals surface area contributed by atoms with E-state index in [4.69, 9.17) is 0 Å². The molecule has 1 amide bonds. The van der Waals surface area contributed by atoms with Gasteiger partial charge in [0.05, 0.1) is 0 Å². The van der Waals surface area contributed by atoms with Gasteiger partial charge in [-0.2, -0.15) is 5.26 Å². The molecule has 1 heterocycles. The molecule has 0 saturated heterocycles. The maximum absolute atomic E-state index is 12.5. The second-order valence-corrected chi connectivity index (χ2v) is 8.28. The third-order valence-corrected chi connectivity index (χ3v) is 5.64. The second-order valence-electron chi connectivity index (χ2n) is 8.28. The highest BCUT2D eigenvalue weighted by Gasteiger charge is 2.33. The van der Waals surface area contributed by atoms with Crippen LogP contribution in [0.5, 0.6) is 0 Å². The lowest BCUT2D eigenvalue weighted by atomic mass is 9.80. The Hall–Kier alpha value is -3.06. The van der Waals surface area contributed by atoms with Crippen LogP contribution < -0.4 is 10.2 Å². The quantitative estimate of drug-likeness (QED) is 0.589. The van der Waals surface area contributed by atoms with Crippen LogP contribution in [0.3, 0.4) is 0 Å². The number of nitriles is 1. The zero-order valence-corrected chi connectivity index (χ0v) is 17.2. The van der Waals surface area contributed by atoms with Crippen molar-refractivity contribution in [1.29, 1.82) is 5.26 Å². The first-order valence-electron chi connectivity index (χ1n) is 9.59. The van der Waals surface area contributed by atoms with Crippen LogP contribution in [0, 0.1) is 18.3 Å². The Kier molecular flexibility index (Phi) is 5.29. The molecule has 28 heavy (non-hydrogen) atoms. The van der Waals surface area contributed by atoms with Gasteiger partial charge < -0.3 is 10.2 Å². The van der Waals surface area contributed by atoms with Crippen molar-refractivity contribution in [2.24, 2.45) is 0 Å². The van der Waals surface area contributed by atoms with Crippen LogP contribution in [-0.2, 0) is 4.79 Å². The molecule has 3 rings (SSSR count). The number of hydrogen-bond donors (Lipinski definition) is 1. The van der Waals surface area contributed by atoms with E-state index in [1.807, 2.05) is 43.3 Å². The average molecular weight is 374 g/mol. The molecular formula is C24H27N3O. The molecule has 0 aliphatic carbocycles. The molecule has 1 aliphatic heterocycles. The molecule has 1 aliphatic rings. The number of anilines is 2.